The number of nitrogens with zero attached hydrogens (tertiary/aromatic N) is 1. The summed E-state index contributed by atoms with van der Waals surface area (Å²) in [5.41, 5.74) is 7.09. The number of methoxy groups -OCH3 is 1. The summed E-state index contributed by atoms with van der Waals surface area (Å²) in [7, 11) is 5.54. The molecular weight excluding hydrogens is 370 g/mol. The second kappa shape index (κ2) is 7.83. The summed E-state index contributed by atoms with van der Waals surface area (Å²) < 4.78 is 5.06. The predicted octanol–water partition coefficient (Wildman–Crippen LogP) is 5.40. The number of benzene rings is 3. The standard InChI is InChI=1S/C27H27NO2/c1-19-10-11-20-18-27(21-8-6-5-7-9-21,17-16-24(20)25(19)26(29)30-4)22-12-14-23(15-13-22)28(2)3/h5-17H,18H2,1-4H3. The van der Waals surface area contributed by atoms with Crippen molar-refractivity contribution in [2.75, 3.05) is 26.1 Å². The number of hydrogen-bond acceptors (Lipinski definition) is 3. The summed E-state index contributed by atoms with van der Waals surface area (Å²) in [6.07, 6.45) is 5.14. The van der Waals surface area contributed by atoms with Gasteiger partial charge in [0, 0.05) is 25.2 Å². The summed E-state index contributed by atoms with van der Waals surface area (Å²) in [5, 5.41) is 0. The number of aryl methyl sites for hydroxylation is 1. The van der Waals surface area contributed by atoms with Gasteiger partial charge in [0.1, 0.15) is 0 Å². The fourth-order valence-electron chi connectivity index (χ4n) is 4.43. The first-order chi connectivity index (χ1) is 14.5. The predicted molar refractivity (Wildman–Crippen MR) is 123 cm³/mol. The molecule has 1 atom stereocenters. The van der Waals surface area contributed by atoms with Gasteiger partial charge in [-0.25, -0.2) is 4.79 Å². The van der Waals surface area contributed by atoms with Crippen molar-refractivity contribution in [2.24, 2.45) is 0 Å². The fraction of sp³-hybridized carbons (Fsp3) is 0.222. The minimum Gasteiger partial charge on any atom is -0.465 e. The van der Waals surface area contributed by atoms with Crippen LogP contribution in [0.4, 0.5) is 5.69 Å². The molecule has 0 spiro atoms. The number of carbonyl (C=O) groups is 1. The Morgan fingerprint density at radius 3 is 2.23 bits per heavy atom. The molecular formula is C27H27NO2. The molecule has 152 valence electrons. The summed E-state index contributed by atoms with van der Waals surface area (Å²) >= 11 is 0. The van der Waals surface area contributed by atoms with Crippen LogP contribution in [0.15, 0.2) is 72.8 Å². The van der Waals surface area contributed by atoms with E-state index in [1.54, 1.807) is 0 Å². The molecule has 3 aromatic carbocycles. The van der Waals surface area contributed by atoms with Crippen molar-refractivity contribution < 1.29 is 9.53 Å². The number of allylic oxidation sites excluding steroid dienone is 1. The molecule has 3 heteroatoms. The minimum absolute atomic E-state index is 0.281. The maximum Gasteiger partial charge on any atom is 0.338 e. The Balaban J connectivity index is 1.89. The third-order valence-corrected chi connectivity index (χ3v) is 6.13. The average Bonchev–Trinajstić information content (AvgIpc) is 2.79. The van der Waals surface area contributed by atoms with Crippen LogP contribution in [-0.2, 0) is 16.6 Å². The lowest BCUT2D eigenvalue weighted by Crippen LogP contribution is -2.31. The third kappa shape index (κ3) is 3.30. The number of ether oxygens (including phenoxy) is 1. The Morgan fingerprint density at radius 1 is 0.933 bits per heavy atom. The Bertz CT molecular complexity index is 1100. The quantitative estimate of drug-likeness (QED) is 0.552. The summed E-state index contributed by atoms with van der Waals surface area (Å²) in [4.78, 5) is 14.6. The number of carbonyl (C=O) groups excluding carboxylic acids is 1. The van der Waals surface area contributed by atoms with Crippen LogP contribution >= 0.6 is 0 Å². The molecule has 0 bridgehead atoms. The highest BCUT2D eigenvalue weighted by molar-refractivity contribution is 5.96. The number of fused-ring (bicyclic) bond motifs is 1. The highest BCUT2D eigenvalue weighted by Crippen LogP contribution is 2.43. The van der Waals surface area contributed by atoms with E-state index in [9.17, 15) is 4.79 Å². The van der Waals surface area contributed by atoms with Crippen LogP contribution in [0.3, 0.4) is 0 Å². The first kappa shape index (κ1) is 20.0. The van der Waals surface area contributed by atoms with Crippen LogP contribution in [0, 0.1) is 6.92 Å². The lowest BCUT2D eigenvalue weighted by Gasteiger charge is -2.36. The van der Waals surface area contributed by atoms with Crippen LogP contribution in [0.25, 0.3) is 6.08 Å². The highest BCUT2D eigenvalue weighted by atomic mass is 16.5. The molecule has 1 aliphatic rings. The second-order valence-electron chi connectivity index (χ2n) is 8.11. The molecule has 3 nitrogen and oxygen atoms in total. The molecule has 0 N–H and O–H groups in total. The molecule has 1 aliphatic carbocycles. The Labute approximate surface area is 178 Å². The normalized spacial score (nSPS) is 17.3. The minimum atomic E-state index is -0.290. The van der Waals surface area contributed by atoms with Gasteiger partial charge in [-0.3, -0.25) is 0 Å². The van der Waals surface area contributed by atoms with E-state index in [-0.39, 0.29) is 11.4 Å². The molecule has 4 rings (SSSR count). The highest BCUT2D eigenvalue weighted by Gasteiger charge is 2.36. The maximum atomic E-state index is 12.4. The van der Waals surface area contributed by atoms with Crippen molar-refractivity contribution in [1.82, 2.24) is 0 Å². The van der Waals surface area contributed by atoms with Crippen molar-refractivity contribution >= 4 is 17.7 Å². The molecule has 0 saturated carbocycles. The largest absolute Gasteiger partial charge is 0.465 e. The first-order valence-corrected chi connectivity index (χ1v) is 10.2. The maximum absolute atomic E-state index is 12.4. The summed E-state index contributed by atoms with van der Waals surface area (Å²) in [6.45, 7) is 1.96. The van der Waals surface area contributed by atoms with E-state index in [1.807, 2.05) is 19.1 Å². The number of hydrogen-bond donors (Lipinski definition) is 0. The molecule has 0 radical (unpaired) electrons. The Kier molecular flexibility index (Phi) is 5.21. The van der Waals surface area contributed by atoms with E-state index in [0.717, 1.165) is 23.1 Å². The average molecular weight is 398 g/mol. The number of anilines is 1. The van der Waals surface area contributed by atoms with Gasteiger partial charge in [-0.05, 0) is 53.3 Å². The molecule has 0 saturated heterocycles. The second-order valence-corrected chi connectivity index (χ2v) is 8.11. The van der Waals surface area contributed by atoms with Gasteiger partial charge in [0.2, 0.25) is 0 Å². The third-order valence-electron chi connectivity index (χ3n) is 6.13. The lowest BCUT2D eigenvalue weighted by molar-refractivity contribution is 0.0599. The summed E-state index contributed by atoms with van der Waals surface area (Å²) in [6, 6.07) is 23.5. The van der Waals surface area contributed by atoms with E-state index in [1.165, 1.54) is 23.9 Å². The molecule has 1 unspecified atom stereocenters. The zero-order chi connectivity index (χ0) is 21.3. The van der Waals surface area contributed by atoms with Crippen LogP contribution < -0.4 is 4.90 Å². The van der Waals surface area contributed by atoms with Crippen molar-refractivity contribution in [3.8, 4) is 0 Å². The van der Waals surface area contributed by atoms with Crippen molar-refractivity contribution in [3.05, 3.63) is 106 Å². The van der Waals surface area contributed by atoms with Gasteiger partial charge >= 0.3 is 5.97 Å². The summed E-state index contributed by atoms with van der Waals surface area (Å²) in [5.74, 6) is -0.281. The molecule has 0 heterocycles. The van der Waals surface area contributed by atoms with Crippen LogP contribution in [0.2, 0.25) is 0 Å². The smallest absolute Gasteiger partial charge is 0.338 e. The van der Waals surface area contributed by atoms with Gasteiger partial charge < -0.3 is 9.64 Å². The zero-order valence-corrected chi connectivity index (χ0v) is 18.0. The first-order valence-electron chi connectivity index (χ1n) is 10.2. The Morgan fingerprint density at radius 2 is 1.60 bits per heavy atom. The van der Waals surface area contributed by atoms with Crippen molar-refractivity contribution in [3.63, 3.8) is 0 Å². The zero-order valence-electron chi connectivity index (χ0n) is 18.0. The molecule has 0 aromatic heterocycles. The SMILES string of the molecule is COC(=O)c1c(C)ccc2c1C=CC(c1ccccc1)(c1ccc(N(C)C)cc1)C2. The van der Waals surface area contributed by atoms with E-state index in [2.05, 4.69) is 85.7 Å². The molecule has 0 fully saturated rings. The van der Waals surface area contributed by atoms with Gasteiger partial charge in [-0.2, -0.15) is 0 Å². The lowest BCUT2D eigenvalue weighted by atomic mass is 9.66. The van der Waals surface area contributed by atoms with Gasteiger partial charge in [0.25, 0.3) is 0 Å². The molecule has 0 amide bonds. The number of rotatable bonds is 4. The van der Waals surface area contributed by atoms with E-state index in [4.69, 9.17) is 4.74 Å². The molecule has 3 aromatic rings. The van der Waals surface area contributed by atoms with Gasteiger partial charge in [-0.1, -0.05) is 66.7 Å². The monoisotopic (exact) mass is 397 g/mol. The van der Waals surface area contributed by atoms with Crippen LogP contribution in [0.1, 0.15) is 38.2 Å². The van der Waals surface area contributed by atoms with E-state index < -0.39 is 0 Å². The van der Waals surface area contributed by atoms with Gasteiger partial charge in [0.05, 0.1) is 12.7 Å². The fourth-order valence-corrected chi connectivity index (χ4v) is 4.43. The molecule has 0 aliphatic heterocycles. The van der Waals surface area contributed by atoms with Crippen LogP contribution in [0.5, 0.6) is 0 Å². The van der Waals surface area contributed by atoms with Crippen molar-refractivity contribution in [1.29, 1.82) is 0 Å². The topological polar surface area (TPSA) is 29.5 Å². The Hall–Kier alpha value is -3.33. The van der Waals surface area contributed by atoms with E-state index >= 15 is 0 Å². The van der Waals surface area contributed by atoms with Gasteiger partial charge in [0.15, 0.2) is 0 Å². The van der Waals surface area contributed by atoms with Gasteiger partial charge in [-0.15, -0.1) is 0 Å². The van der Waals surface area contributed by atoms with Crippen LogP contribution in [-0.4, -0.2) is 27.2 Å². The van der Waals surface area contributed by atoms with E-state index in [0.29, 0.717) is 5.56 Å². The number of esters is 1. The molecule has 30 heavy (non-hydrogen) atoms. The van der Waals surface area contributed by atoms with Crippen molar-refractivity contribution in [2.45, 2.75) is 18.8 Å².